The molecule has 4 rings (SSSR count). The van der Waals surface area contributed by atoms with Crippen LogP contribution < -0.4 is 4.74 Å². The Hall–Kier alpha value is -3.31. The highest BCUT2D eigenvalue weighted by Gasteiger charge is 2.16. The van der Waals surface area contributed by atoms with Crippen LogP contribution in [-0.4, -0.2) is 14.2 Å². The summed E-state index contributed by atoms with van der Waals surface area (Å²) in [7, 11) is 0. The Morgan fingerprint density at radius 2 is 1.36 bits per heavy atom. The smallest absolute Gasteiger partial charge is 0.218 e. The molecule has 0 spiro atoms. The number of hydrogen-bond acceptors (Lipinski definition) is 3. The maximum atomic E-state index is 10.7. The van der Waals surface area contributed by atoms with E-state index in [2.05, 4.69) is 0 Å². The summed E-state index contributed by atoms with van der Waals surface area (Å²) < 4.78 is 9.88. The standard InChI is InChI=1S/C23H20N2O2S/c1-17-22(26)25(23(28)24(17)19-10-6-3-7-11-19)20-12-14-21(15-13-20)27-16-18-8-4-2-5-9-18/h2-15,26H,16H2,1H3. The van der Waals surface area contributed by atoms with Gasteiger partial charge >= 0.3 is 0 Å². The van der Waals surface area contributed by atoms with E-state index < -0.39 is 0 Å². The maximum Gasteiger partial charge on any atom is 0.218 e. The molecule has 0 saturated carbocycles. The van der Waals surface area contributed by atoms with Crippen molar-refractivity contribution in [3.05, 3.63) is 101 Å². The highest BCUT2D eigenvalue weighted by molar-refractivity contribution is 7.71. The number of aromatic hydroxyl groups is 1. The summed E-state index contributed by atoms with van der Waals surface area (Å²) >= 11 is 5.65. The van der Waals surface area contributed by atoms with Crippen molar-refractivity contribution in [2.24, 2.45) is 0 Å². The van der Waals surface area contributed by atoms with E-state index in [9.17, 15) is 5.11 Å². The van der Waals surface area contributed by atoms with Gasteiger partial charge in [-0.25, -0.2) is 0 Å². The second-order valence-electron chi connectivity index (χ2n) is 6.47. The molecule has 0 unspecified atom stereocenters. The van der Waals surface area contributed by atoms with Crippen LogP contribution in [0.2, 0.25) is 0 Å². The molecule has 0 fully saturated rings. The molecule has 0 amide bonds. The lowest BCUT2D eigenvalue weighted by Crippen LogP contribution is -1.99. The number of rotatable bonds is 5. The Balaban J connectivity index is 1.62. The Labute approximate surface area is 168 Å². The predicted molar refractivity (Wildman–Crippen MR) is 113 cm³/mol. The van der Waals surface area contributed by atoms with Gasteiger partial charge in [-0.05, 0) is 61.1 Å². The quantitative estimate of drug-likeness (QED) is 0.453. The lowest BCUT2D eigenvalue weighted by Gasteiger charge is -2.09. The van der Waals surface area contributed by atoms with Crippen molar-refractivity contribution >= 4 is 12.2 Å². The summed E-state index contributed by atoms with van der Waals surface area (Å²) in [6, 6.07) is 27.4. The highest BCUT2D eigenvalue weighted by atomic mass is 32.1. The van der Waals surface area contributed by atoms with E-state index in [0.29, 0.717) is 17.1 Å². The second-order valence-corrected chi connectivity index (χ2v) is 6.83. The molecular weight excluding hydrogens is 368 g/mol. The fourth-order valence-electron chi connectivity index (χ4n) is 3.14. The molecule has 0 saturated heterocycles. The zero-order chi connectivity index (χ0) is 19.5. The van der Waals surface area contributed by atoms with Gasteiger partial charge in [0.2, 0.25) is 5.88 Å². The van der Waals surface area contributed by atoms with Gasteiger partial charge in [-0.3, -0.25) is 9.13 Å². The van der Waals surface area contributed by atoms with Gasteiger partial charge in [0.25, 0.3) is 0 Å². The first-order valence-corrected chi connectivity index (χ1v) is 9.42. The number of nitrogens with zero attached hydrogens (tertiary/aromatic N) is 2. The molecule has 0 aliphatic rings. The fourth-order valence-corrected chi connectivity index (χ4v) is 3.58. The third-order valence-electron chi connectivity index (χ3n) is 4.61. The molecule has 28 heavy (non-hydrogen) atoms. The molecule has 140 valence electrons. The fraction of sp³-hybridized carbons (Fsp3) is 0.0870. The van der Waals surface area contributed by atoms with Crippen LogP contribution in [0.25, 0.3) is 11.4 Å². The Bertz CT molecular complexity index is 1130. The van der Waals surface area contributed by atoms with Crippen LogP contribution in [0.5, 0.6) is 11.6 Å². The van der Waals surface area contributed by atoms with Crippen molar-refractivity contribution in [3.8, 4) is 23.0 Å². The van der Waals surface area contributed by atoms with Crippen LogP contribution in [0.3, 0.4) is 0 Å². The van der Waals surface area contributed by atoms with Gasteiger partial charge in [-0.15, -0.1) is 0 Å². The van der Waals surface area contributed by atoms with Crippen molar-refractivity contribution in [2.45, 2.75) is 13.5 Å². The zero-order valence-corrected chi connectivity index (χ0v) is 16.3. The van der Waals surface area contributed by atoms with E-state index in [1.807, 2.05) is 96.4 Å². The molecule has 1 aromatic heterocycles. The molecule has 0 aliphatic heterocycles. The minimum Gasteiger partial charge on any atom is -0.493 e. The zero-order valence-electron chi connectivity index (χ0n) is 15.4. The van der Waals surface area contributed by atoms with Crippen molar-refractivity contribution in [2.75, 3.05) is 0 Å². The number of aromatic nitrogens is 2. The minimum absolute atomic E-state index is 0.131. The SMILES string of the molecule is Cc1c(O)n(-c2ccc(OCc3ccccc3)cc2)c(=S)n1-c1ccccc1. The molecule has 0 bridgehead atoms. The first-order valence-electron chi connectivity index (χ1n) is 9.01. The normalized spacial score (nSPS) is 10.8. The lowest BCUT2D eigenvalue weighted by molar-refractivity contribution is 0.306. The molecule has 0 radical (unpaired) electrons. The average molecular weight is 388 g/mol. The summed E-state index contributed by atoms with van der Waals surface area (Å²) in [6.07, 6.45) is 0. The monoisotopic (exact) mass is 388 g/mol. The molecule has 3 aromatic carbocycles. The third-order valence-corrected chi connectivity index (χ3v) is 4.98. The molecular formula is C23H20N2O2S. The average Bonchev–Trinajstić information content (AvgIpc) is 2.97. The minimum atomic E-state index is 0.131. The number of hydrogen-bond donors (Lipinski definition) is 1. The van der Waals surface area contributed by atoms with Crippen molar-refractivity contribution in [1.29, 1.82) is 0 Å². The molecule has 5 heteroatoms. The number of ether oxygens (including phenoxy) is 1. The maximum absolute atomic E-state index is 10.7. The van der Waals surface area contributed by atoms with Gasteiger partial charge in [0, 0.05) is 5.69 Å². The molecule has 1 heterocycles. The molecule has 0 atom stereocenters. The predicted octanol–water partition coefficient (Wildman–Crippen LogP) is 5.59. The Morgan fingerprint density at radius 3 is 2.00 bits per heavy atom. The highest BCUT2D eigenvalue weighted by Crippen LogP contribution is 2.28. The van der Waals surface area contributed by atoms with E-state index in [1.165, 1.54) is 0 Å². The van der Waals surface area contributed by atoms with Crippen molar-refractivity contribution in [3.63, 3.8) is 0 Å². The first-order chi connectivity index (χ1) is 13.6. The number of imidazole rings is 1. The number of para-hydroxylation sites is 1. The first kappa shape index (κ1) is 18.1. The van der Waals surface area contributed by atoms with Gasteiger partial charge in [0.15, 0.2) is 4.77 Å². The second kappa shape index (κ2) is 7.74. The van der Waals surface area contributed by atoms with Gasteiger partial charge in [-0.1, -0.05) is 48.5 Å². The molecule has 0 aliphatic carbocycles. The third kappa shape index (κ3) is 3.44. The van der Waals surface area contributed by atoms with Crippen LogP contribution in [0.4, 0.5) is 0 Å². The summed E-state index contributed by atoms with van der Waals surface area (Å²) in [4.78, 5) is 0. The van der Waals surface area contributed by atoms with Crippen LogP contribution >= 0.6 is 12.2 Å². The van der Waals surface area contributed by atoms with E-state index in [1.54, 1.807) is 4.57 Å². The Kier molecular flexibility index (Phi) is 5.00. The van der Waals surface area contributed by atoms with E-state index in [0.717, 1.165) is 22.7 Å². The largest absolute Gasteiger partial charge is 0.493 e. The molecule has 1 N–H and O–H groups in total. The van der Waals surface area contributed by atoms with Gasteiger partial charge in [0.1, 0.15) is 12.4 Å². The molecule has 4 nitrogen and oxygen atoms in total. The number of benzene rings is 3. The van der Waals surface area contributed by atoms with Crippen LogP contribution in [0.1, 0.15) is 11.3 Å². The molecule has 4 aromatic rings. The van der Waals surface area contributed by atoms with E-state index in [-0.39, 0.29) is 5.88 Å². The van der Waals surface area contributed by atoms with Gasteiger partial charge < -0.3 is 9.84 Å². The van der Waals surface area contributed by atoms with Gasteiger partial charge in [-0.2, -0.15) is 0 Å². The van der Waals surface area contributed by atoms with Crippen LogP contribution in [0, 0.1) is 11.7 Å². The van der Waals surface area contributed by atoms with Crippen molar-refractivity contribution < 1.29 is 9.84 Å². The summed E-state index contributed by atoms with van der Waals surface area (Å²) in [5, 5.41) is 10.7. The van der Waals surface area contributed by atoms with E-state index in [4.69, 9.17) is 17.0 Å². The van der Waals surface area contributed by atoms with Crippen LogP contribution in [0.15, 0.2) is 84.9 Å². The summed E-state index contributed by atoms with van der Waals surface area (Å²) in [5.41, 5.74) is 3.51. The topological polar surface area (TPSA) is 39.3 Å². The van der Waals surface area contributed by atoms with Gasteiger partial charge in [0.05, 0.1) is 11.4 Å². The van der Waals surface area contributed by atoms with Crippen LogP contribution in [-0.2, 0) is 6.61 Å². The summed E-state index contributed by atoms with van der Waals surface area (Å²) in [5.74, 6) is 0.893. The Morgan fingerprint density at radius 1 is 0.786 bits per heavy atom. The lowest BCUT2D eigenvalue weighted by atomic mass is 10.2. The summed E-state index contributed by atoms with van der Waals surface area (Å²) in [6.45, 7) is 2.36. The van der Waals surface area contributed by atoms with E-state index >= 15 is 0 Å². The van der Waals surface area contributed by atoms with Crippen molar-refractivity contribution in [1.82, 2.24) is 9.13 Å².